The number of alkyl halides is 3. The number of methoxy groups -OCH3 is 2. The first-order chi connectivity index (χ1) is 16.7. The van der Waals surface area contributed by atoms with Gasteiger partial charge in [0.05, 0.1) is 41.0 Å². The molecule has 11 heteroatoms. The summed E-state index contributed by atoms with van der Waals surface area (Å²) in [6, 6.07) is 16.8. The number of H-pyrrole nitrogens is 1. The molecule has 0 bridgehead atoms. The van der Waals surface area contributed by atoms with Crippen molar-refractivity contribution in [1.82, 2.24) is 9.97 Å². The van der Waals surface area contributed by atoms with E-state index < -0.39 is 22.4 Å². The Morgan fingerprint density at radius 1 is 0.914 bits per heavy atom. The second kappa shape index (κ2) is 9.71. The van der Waals surface area contributed by atoms with Crippen molar-refractivity contribution in [3.05, 3.63) is 82.4 Å². The van der Waals surface area contributed by atoms with Crippen molar-refractivity contribution in [2.24, 2.45) is 0 Å². The molecule has 0 amide bonds. The van der Waals surface area contributed by atoms with Crippen LogP contribution in [0.1, 0.15) is 5.56 Å². The van der Waals surface area contributed by atoms with Gasteiger partial charge in [0.2, 0.25) is 0 Å². The van der Waals surface area contributed by atoms with E-state index >= 15 is 0 Å². The van der Waals surface area contributed by atoms with Gasteiger partial charge in [-0.1, -0.05) is 0 Å². The van der Waals surface area contributed by atoms with Crippen molar-refractivity contribution in [2.45, 2.75) is 16.2 Å². The van der Waals surface area contributed by atoms with Crippen LogP contribution in [-0.2, 0) is 6.18 Å². The summed E-state index contributed by atoms with van der Waals surface area (Å²) < 4.78 is 49.6. The number of hydrogen-bond donors (Lipinski definition) is 1. The Kier molecular flexibility index (Phi) is 6.70. The maximum absolute atomic E-state index is 13.1. The summed E-state index contributed by atoms with van der Waals surface area (Å²) >= 11 is 0.876. The Bertz CT molecular complexity index is 1290. The second-order valence-electron chi connectivity index (χ2n) is 7.26. The molecule has 0 aliphatic rings. The zero-order valence-electron chi connectivity index (χ0n) is 18.4. The minimum absolute atomic E-state index is 0.0271. The minimum Gasteiger partial charge on any atom is -0.497 e. The predicted molar refractivity (Wildman–Crippen MR) is 125 cm³/mol. The number of aromatic amines is 1. The molecule has 0 saturated heterocycles. The molecule has 0 radical (unpaired) electrons. The standard InChI is InChI=1S/C24H18F3N3O4S/c1-33-17-8-3-14(4-9-17)21-22(15-5-10-18(34-2)11-6-15)29-23(28-21)35-20-12-7-16(24(25,26)27)13-19(20)30(31)32/h3-13H,1-2H3,(H,28,29). The van der Waals surface area contributed by atoms with Crippen LogP contribution in [0.15, 0.2) is 76.8 Å². The van der Waals surface area contributed by atoms with E-state index in [0.717, 1.165) is 35.0 Å². The monoisotopic (exact) mass is 501 g/mol. The number of halogens is 3. The van der Waals surface area contributed by atoms with E-state index in [4.69, 9.17) is 9.47 Å². The minimum atomic E-state index is -4.69. The van der Waals surface area contributed by atoms with Gasteiger partial charge in [-0.05, 0) is 72.4 Å². The molecule has 0 fully saturated rings. The molecule has 180 valence electrons. The fourth-order valence-corrected chi connectivity index (χ4v) is 4.22. The van der Waals surface area contributed by atoms with Crippen molar-refractivity contribution >= 4 is 17.4 Å². The zero-order chi connectivity index (χ0) is 25.2. The van der Waals surface area contributed by atoms with Crippen LogP contribution in [0.4, 0.5) is 18.9 Å². The maximum Gasteiger partial charge on any atom is 0.416 e. The smallest absolute Gasteiger partial charge is 0.416 e. The van der Waals surface area contributed by atoms with Crippen LogP contribution in [0, 0.1) is 10.1 Å². The van der Waals surface area contributed by atoms with Crippen LogP contribution in [0.3, 0.4) is 0 Å². The van der Waals surface area contributed by atoms with Crippen LogP contribution >= 0.6 is 11.8 Å². The van der Waals surface area contributed by atoms with Crippen molar-refractivity contribution in [1.29, 1.82) is 0 Å². The van der Waals surface area contributed by atoms with E-state index in [1.807, 2.05) is 24.3 Å². The first-order valence-corrected chi connectivity index (χ1v) is 10.9. The highest BCUT2D eigenvalue weighted by molar-refractivity contribution is 7.99. The molecule has 35 heavy (non-hydrogen) atoms. The van der Waals surface area contributed by atoms with E-state index in [1.54, 1.807) is 38.5 Å². The van der Waals surface area contributed by atoms with Gasteiger partial charge in [0.25, 0.3) is 5.69 Å². The molecule has 0 atom stereocenters. The summed E-state index contributed by atoms with van der Waals surface area (Å²) in [5, 5.41) is 11.8. The molecule has 4 aromatic rings. The molecule has 7 nitrogen and oxygen atoms in total. The van der Waals surface area contributed by atoms with Crippen LogP contribution in [0.5, 0.6) is 11.5 Å². The lowest BCUT2D eigenvalue weighted by molar-refractivity contribution is -0.388. The molecule has 0 spiro atoms. The lowest BCUT2D eigenvalue weighted by Gasteiger charge is -2.07. The van der Waals surface area contributed by atoms with Crippen molar-refractivity contribution in [3.63, 3.8) is 0 Å². The summed E-state index contributed by atoms with van der Waals surface area (Å²) in [5.74, 6) is 1.32. The van der Waals surface area contributed by atoms with Crippen molar-refractivity contribution in [3.8, 4) is 34.0 Å². The number of hydrogen-bond acceptors (Lipinski definition) is 6. The molecule has 3 aromatic carbocycles. The van der Waals surface area contributed by atoms with Gasteiger partial charge in [-0.25, -0.2) is 4.98 Å². The molecule has 4 rings (SSSR count). The van der Waals surface area contributed by atoms with Gasteiger partial charge in [-0.2, -0.15) is 13.2 Å². The zero-order valence-corrected chi connectivity index (χ0v) is 19.2. The topological polar surface area (TPSA) is 90.3 Å². The molecule has 1 aromatic heterocycles. The Labute approximate surface area is 202 Å². The molecule has 0 unspecified atom stereocenters. The number of imidazole rings is 1. The first kappa shape index (κ1) is 24.1. The van der Waals surface area contributed by atoms with E-state index in [2.05, 4.69) is 9.97 Å². The van der Waals surface area contributed by atoms with Gasteiger partial charge in [0.1, 0.15) is 11.5 Å². The number of rotatable bonds is 7. The Morgan fingerprint density at radius 3 is 2.00 bits per heavy atom. The summed E-state index contributed by atoms with van der Waals surface area (Å²) in [5.41, 5.74) is 0.980. The van der Waals surface area contributed by atoms with Crippen LogP contribution < -0.4 is 9.47 Å². The van der Waals surface area contributed by atoms with Gasteiger partial charge in [0.15, 0.2) is 5.16 Å². The normalized spacial score (nSPS) is 11.3. The van der Waals surface area contributed by atoms with Crippen LogP contribution in [0.25, 0.3) is 22.5 Å². The van der Waals surface area contributed by atoms with Crippen LogP contribution in [-0.4, -0.2) is 29.1 Å². The Balaban J connectivity index is 1.78. The van der Waals surface area contributed by atoms with Crippen molar-refractivity contribution < 1.29 is 27.6 Å². The van der Waals surface area contributed by atoms with E-state index in [1.165, 1.54) is 0 Å². The average molecular weight is 501 g/mol. The van der Waals surface area contributed by atoms with Gasteiger partial charge in [-0.3, -0.25) is 10.1 Å². The fraction of sp³-hybridized carbons (Fsp3) is 0.125. The summed E-state index contributed by atoms with van der Waals surface area (Å²) in [6.07, 6.45) is -4.69. The third-order valence-electron chi connectivity index (χ3n) is 5.11. The molecule has 0 aliphatic carbocycles. The summed E-state index contributed by atoms with van der Waals surface area (Å²) in [4.78, 5) is 18.5. The second-order valence-corrected chi connectivity index (χ2v) is 8.29. The molecule has 0 aliphatic heterocycles. The number of benzene rings is 3. The van der Waals surface area contributed by atoms with Crippen LogP contribution in [0.2, 0.25) is 0 Å². The summed E-state index contributed by atoms with van der Waals surface area (Å²) in [7, 11) is 3.11. The number of nitrogens with one attached hydrogen (secondary N) is 1. The molecular formula is C24H18F3N3O4S. The number of aromatic nitrogens is 2. The van der Waals surface area contributed by atoms with E-state index in [9.17, 15) is 23.3 Å². The molecule has 0 saturated carbocycles. The number of nitro benzene ring substituents is 1. The SMILES string of the molecule is COc1ccc(-c2nc(Sc3ccc(C(F)(F)F)cc3[N+](=O)[O-])[nH]c2-c2ccc(OC)cc2)cc1. The lowest BCUT2D eigenvalue weighted by Crippen LogP contribution is -2.05. The van der Waals surface area contributed by atoms with E-state index in [0.29, 0.717) is 29.0 Å². The summed E-state index contributed by atoms with van der Waals surface area (Å²) in [6.45, 7) is 0. The van der Waals surface area contributed by atoms with Gasteiger partial charge >= 0.3 is 6.18 Å². The van der Waals surface area contributed by atoms with Gasteiger partial charge in [-0.15, -0.1) is 0 Å². The fourth-order valence-electron chi connectivity index (χ4n) is 3.35. The highest BCUT2D eigenvalue weighted by Crippen LogP contribution is 2.41. The third-order valence-corrected chi connectivity index (χ3v) is 6.07. The Morgan fingerprint density at radius 2 is 1.49 bits per heavy atom. The number of ether oxygens (including phenoxy) is 2. The van der Waals surface area contributed by atoms with Gasteiger partial charge < -0.3 is 14.5 Å². The number of nitro groups is 1. The maximum atomic E-state index is 13.1. The number of nitrogens with zero attached hydrogens (tertiary/aromatic N) is 2. The third kappa shape index (κ3) is 5.24. The van der Waals surface area contributed by atoms with E-state index in [-0.39, 0.29) is 10.1 Å². The first-order valence-electron chi connectivity index (χ1n) is 10.1. The lowest BCUT2D eigenvalue weighted by atomic mass is 10.0. The molecule has 1 N–H and O–H groups in total. The van der Waals surface area contributed by atoms with Crippen molar-refractivity contribution in [2.75, 3.05) is 14.2 Å². The molecule has 1 heterocycles. The highest BCUT2D eigenvalue weighted by Gasteiger charge is 2.33. The highest BCUT2D eigenvalue weighted by atomic mass is 32.2. The predicted octanol–water partition coefficient (Wildman–Crippen LogP) is 6.84. The average Bonchev–Trinajstić information content (AvgIpc) is 3.27. The molecular weight excluding hydrogens is 483 g/mol. The largest absolute Gasteiger partial charge is 0.497 e. The van der Waals surface area contributed by atoms with Gasteiger partial charge in [0, 0.05) is 17.2 Å². The quantitative estimate of drug-likeness (QED) is 0.220. The Hall–Kier alpha value is -3.99.